The van der Waals surface area contributed by atoms with E-state index in [1.54, 1.807) is 0 Å². The molecule has 2 aromatic rings. The van der Waals surface area contributed by atoms with E-state index in [0.29, 0.717) is 5.75 Å². The minimum absolute atomic E-state index is 0.00885. The average Bonchev–Trinajstić information content (AvgIpc) is 2.67. The van der Waals surface area contributed by atoms with Gasteiger partial charge in [0.25, 0.3) is 5.91 Å². The van der Waals surface area contributed by atoms with Crippen molar-refractivity contribution in [3.63, 3.8) is 0 Å². The van der Waals surface area contributed by atoms with Crippen molar-refractivity contribution in [2.45, 2.75) is 19.9 Å². The molecule has 144 valence electrons. The molecule has 1 N–H and O–H groups in total. The van der Waals surface area contributed by atoms with Gasteiger partial charge in [-0.05, 0) is 37.1 Å². The van der Waals surface area contributed by atoms with Crippen molar-refractivity contribution in [3.8, 4) is 5.75 Å². The number of amides is 1. The minimum atomic E-state index is -0.115. The molecule has 1 amide bonds. The molecule has 0 unspecified atom stereocenters. The number of morpholine rings is 1. The summed E-state index contributed by atoms with van der Waals surface area (Å²) in [5, 5.41) is 3.14. The van der Waals surface area contributed by atoms with Crippen LogP contribution in [0.3, 0.4) is 0 Å². The maximum Gasteiger partial charge on any atom is 0.258 e. The van der Waals surface area contributed by atoms with Crippen molar-refractivity contribution < 1.29 is 14.3 Å². The van der Waals surface area contributed by atoms with E-state index in [2.05, 4.69) is 41.4 Å². The number of benzene rings is 2. The summed E-state index contributed by atoms with van der Waals surface area (Å²) in [6.07, 6.45) is 0. The minimum Gasteiger partial charge on any atom is -0.484 e. The average molecular weight is 368 g/mol. The van der Waals surface area contributed by atoms with E-state index in [1.807, 2.05) is 31.2 Å². The summed E-state index contributed by atoms with van der Waals surface area (Å²) in [6.45, 7) is 8.10. The van der Waals surface area contributed by atoms with Crippen LogP contribution < -0.4 is 10.1 Å². The molecule has 0 bridgehead atoms. The van der Waals surface area contributed by atoms with Crippen LogP contribution in [0, 0.1) is 13.8 Å². The first-order valence-corrected chi connectivity index (χ1v) is 9.45. The molecule has 1 atom stereocenters. The molecular formula is C22H28N2O3. The largest absolute Gasteiger partial charge is 0.484 e. The van der Waals surface area contributed by atoms with Gasteiger partial charge in [-0.15, -0.1) is 0 Å². The summed E-state index contributed by atoms with van der Waals surface area (Å²) in [5.41, 5.74) is 3.42. The van der Waals surface area contributed by atoms with Crippen LogP contribution in [0.2, 0.25) is 0 Å². The Labute approximate surface area is 161 Å². The number of carbonyl (C=O) groups is 1. The summed E-state index contributed by atoms with van der Waals surface area (Å²) in [7, 11) is 0. The van der Waals surface area contributed by atoms with Gasteiger partial charge < -0.3 is 14.8 Å². The molecule has 3 rings (SSSR count). The highest BCUT2D eigenvalue weighted by molar-refractivity contribution is 5.78. The maximum absolute atomic E-state index is 12.5. The van der Waals surface area contributed by atoms with E-state index in [1.165, 1.54) is 5.56 Å². The van der Waals surface area contributed by atoms with Crippen molar-refractivity contribution in [3.05, 3.63) is 65.2 Å². The summed E-state index contributed by atoms with van der Waals surface area (Å²) in [6, 6.07) is 16.0. The molecule has 1 aliphatic rings. The van der Waals surface area contributed by atoms with Crippen LogP contribution in [-0.4, -0.2) is 50.3 Å². The third-order valence-electron chi connectivity index (χ3n) is 4.72. The Morgan fingerprint density at radius 2 is 1.85 bits per heavy atom. The molecule has 1 fully saturated rings. The molecule has 1 heterocycles. The lowest BCUT2D eigenvalue weighted by molar-refractivity contribution is -0.124. The van der Waals surface area contributed by atoms with E-state index in [9.17, 15) is 4.79 Å². The number of hydrogen-bond donors (Lipinski definition) is 1. The summed E-state index contributed by atoms with van der Waals surface area (Å²) < 4.78 is 11.1. The van der Waals surface area contributed by atoms with Crippen molar-refractivity contribution in [2.75, 3.05) is 39.5 Å². The first-order valence-electron chi connectivity index (χ1n) is 9.45. The smallest absolute Gasteiger partial charge is 0.258 e. The van der Waals surface area contributed by atoms with Gasteiger partial charge in [0.05, 0.1) is 19.3 Å². The molecule has 0 radical (unpaired) electrons. The molecule has 0 aliphatic carbocycles. The Morgan fingerprint density at radius 3 is 2.56 bits per heavy atom. The first-order chi connectivity index (χ1) is 13.1. The third kappa shape index (κ3) is 6.08. The predicted octanol–water partition coefficient (Wildman–Crippen LogP) is 2.87. The van der Waals surface area contributed by atoms with Crippen LogP contribution in [0.15, 0.2) is 48.5 Å². The standard InChI is InChI=1S/C22H28N2O3/c1-17-6-8-19(9-7-17)21(15-24-10-12-26-13-11-24)23-22(25)16-27-20-5-3-4-18(2)14-20/h3-9,14,21H,10-13,15-16H2,1-2H3,(H,23,25)/t21-/m0/s1. The fraction of sp³-hybridized carbons (Fsp3) is 0.409. The number of hydrogen-bond acceptors (Lipinski definition) is 4. The van der Waals surface area contributed by atoms with E-state index in [-0.39, 0.29) is 18.6 Å². The molecule has 1 aliphatic heterocycles. The summed E-state index contributed by atoms with van der Waals surface area (Å²) in [5.74, 6) is 0.598. The Balaban J connectivity index is 1.62. The highest BCUT2D eigenvalue weighted by atomic mass is 16.5. The van der Waals surface area contributed by atoms with Gasteiger partial charge in [-0.1, -0.05) is 42.0 Å². The maximum atomic E-state index is 12.5. The van der Waals surface area contributed by atoms with Gasteiger partial charge in [0.2, 0.25) is 0 Å². The van der Waals surface area contributed by atoms with Gasteiger partial charge in [0.15, 0.2) is 6.61 Å². The van der Waals surface area contributed by atoms with Gasteiger partial charge >= 0.3 is 0 Å². The number of ether oxygens (including phenoxy) is 2. The number of rotatable bonds is 7. The Bertz CT molecular complexity index is 739. The van der Waals surface area contributed by atoms with Gasteiger partial charge in [-0.2, -0.15) is 0 Å². The zero-order valence-electron chi connectivity index (χ0n) is 16.1. The number of nitrogens with zero attached hydrogens (tertiary/aromatic N) is 1. The second kappa shape index (κ2) is 9.53. The Morgan fingerprint density at radius 1 is 1.11 bits per heavy atom. The second-order valence-electron chi connectivity index (χ2n) is 7.05. The zero-order chi connectivity index (χ0) is 19.1. The fourth-order valence-electron chi connectivity index (χ4n) is 3.17. The van der Waals surface area contributed by atoms with Crippen molar-refractivity contribution >= 4 is 5.91 Å². The van der Waals surface area contributed by atoms with E-state index >= 15 is 0 Å². The lowest BCUT2D eigenvalue weighted by Gasteiger charge is -2.31. The van der Waals surface area contributed by atoms with Crippen LogP contribution in [0.1, 0.15) is 22.7 Å². The quantitative estimate of drug-likeness (QED) is 0.817. The topological polar surface area (TPSA) is 50.8 Å². The van der Waals surface area contributed by atoms with E-state index in [0.717, 1.165) is 44.0 Å². The van der Waals surface area contributed by atoms with Gasteiger partial charge in [-0.25, -0.2) is 0 Å². The normalized spacial score (nSPS) is 15.9. The summed E-state index contributed by atoms with van der Waals surface area (Å²) >= 11 is 0. The SMILES string of the molecule is Cc1ccc([C@H](CN2CCOCC2)NC(=O)COc2cccc(C)c2)cc1. The first kappa shape index (κ1) is 19.4. The Hall–Kier alpha value is -2.37. The molecule has 27 heavy (non-hydrogen) atoms. The third-order valence-corrected chi connectivity index (χ3v) is 4.72. The molecular weight excluding hydrogens is 340 g/mol. The molecule has 5 nitrogen and oxygen atoms in total. The molecule has 2 aromatic carbocycles. The molecule has 0 spiro atoms. The highest BCUT2D eigenvalue weighted by Gasteiger charge is 2.20. The lowest BCUT2D eigenvalue weighted by Crippen LogP contribution is -2.44. The van der Waals surface area contributed by atoms with Crippen LogP contribution in [0.4, 0.5) is 0 Å². The monoisotopic (exact) mass is 368 g/mol. The van der Waals surface area contributed by atoms with Crippen LogP contribution >= 0.6 is 0 Å². The van der Waals surface area contributed by atoms with Crippen molar-refractivity contribution in [1.29, 1.82) is 0 Å². The van der Waals surface area contributed by atoms with Crippen molar-refractivity contribution in [2.24, 2.45) is 0 Å². The van der Waals surface area contributed by atoms with Crippen LogP contribution in [-0.2, 0) is 9.53 Å². The number of aryl methyl sites for hydroxylation is 2. The Kier molecular flexibility index (Phi) is 6.85. The molecule has 5 heteroatoms. The summed E-state index contributed by atoms with van der Waals surface area (Å²) in [4.78, 5) is 14.8. The fourth-order valence-corrected chi connectivity index (χ4v) is 3.17. The molecule has 0 saturated carbocycles. The van der Waals surface area contributed by atoms with Crippen molar-refractivity contribution in [1.82, 2.24) is 10.2 Å². The highest BCUT2D eigenvalue weighted by Crippen LogP contribution is 2.17. The number of carbonyl (C=O) groups excluding carboxylic acids is 1. The van der Waals surface area contributed by atoms with Crippen LogP contribution in [0.25, 0.3) is 0 Å². The second-order valence-corrected chi connectivity index (χ2v) is 7.05. The van der Waals surface area contributed by atoms with Gasteiger partial charge in [0, 0.05) is 19.6 Å². The molecule has 1 saturated heterocycles. The predicted molar refractivity (Wildman–Crippen MR) is 106 cm³/mol. The number of nitrogens with one attached hydrogen (secondary N) is 1. The zero-order valence-corrected chi connectivity index (χ0v) is 16.1. The van der Waals surface area contributed by atoms with E-state index in [4.69, 9.17) is 9.47 Å². The van der Waals surface area contributed by atoms with Gasteiger partial charge in [-0.3, -0.25) is 9.69 Å². The lowest BCUT2D eigenvalue weighted by atomic mass is 10.0. The molecule has 0 aromatic heterocycles. The van der Waals surface area contributed by atoms with Gasteiger partial charge in [0.1, 0.15) is 5.75 Å². The van der Waals surface area contributed by atoms with E-state index < -0.39 is 0 Å². The van der Waals surface area contributed by atoms with Crippen LogP contribution in [0.5, 0.6) is 5.75 Å².